The summed E-state index contributed by atoms with van der Waals surface area (Å²) in [4.78, 5) is 38.0. The molecule has 0 amide bonds. The summed E-state index contributed by atoms with van der Waals surface area (Å²) < 4.78 is 22.8. The van der Waals surface area contributed by atoms with Crippen LogP contribution in [-0.4, -0.2) is 49.9 Å². The van der Waals surface area contributed by atoms with Crippen molar-refractivity contribution >= 4 is 17.7 Å². The smallest absolute Gasteiger partial charge is 0.341 e. The Balaban J connectivity index is 1.79. The second-order valence-corrected chi connectivity index (χ2v) is 7.78. The minimum Gasteiger partial charge on any atom is -0.465 e. The third-order valence-electron chi connectivity index (χ3n) is 6.30. The Hall–Kier alpha value is -2.51. The fourth-order valence-corrected chi connectivity index (χ4v) is 4.84. The van der Waals surface area contributed by atoms with Crippen molar-refractivity contribution in [2.24, 2.45) is 5.41 Å². The van der Waals surface area contributed by atoms with Gasteiger partial charge in [-0.3, -0.25) is 4.79 Å². The minimum absolute atomic E-state index is 0.0368. The Morgan fingerprint density at radius 3 is 2.41 bits per heavy atom. The Kier molecular flexibility index (Phi) is 5.04. The number of methoxy groups -OCH3 is 1. The lowest BCUT2D eigenvalue weighted by Crippen LogP contribution is -2.57. The lowest BCUT2D eigenvalue weighted by Gasteiger charge is -2.53. The molecule has 2 atom stereocenters. The van der Waals surface area contributed by atoms with Crippen LogP contribution in [-0.2, 0) is 28.5 Å². The van der Waals surface area contributed by atoms with Crippen LogP contribution in [0.5, 0.6) is 0 Å². The number of rotatable bonds is 3. The molecule has 0 radical (unpaired) electrons. The van der Waals surface area contributed by atoms with E-state index in [9.17, 15) is 14.4 Å². The molecule has 3 aliphatic rings. The normalized spacial score (nSPS) is 28.2. The van der Waals surface area contributed by atoms with Gasteiger partial charge in [-0.25, -0.2) is 9.59 Å². The topological polar surface area (TPSA) is 88.1 Å². The zero-order valence-corrected chi connectivity index (χ0v) is 16.6. The molecule has 0 aromatic heterocycles. The van der Waals surface area contributed by atoms with E-state index in [4.69, 9.17) is 18.9 Å². The summed E-state index contributed by atoms with van der Waals surface area (Å²) in [5.74, 6) is -2.46. The second kappa shape index (κ2) is 7.39. The van der Waals surface area contributed by atoms with Gasteiger partial charge in [0.2, 0.25) is 0 Å². The van der Waals surface area contributed by atoms with Crippen molar-refractivity contribution < 1.29 is 33.3 Å². The third-order valence-corrected chi connectivity index (χ3v) is 6.30. The number of hydrogen-bond donors (Lipinski definition) is 0. The first-order valence-electron chi connectivity index (χ1n) is 9.82. The molecule has 7 nitrogen and oxygen atoms in total. The average Bonchev–Trinajstić information content (AvgIpc) is 3.22. The van der Waals surface area contributed by atoms with Crippen molar-refractivity contribution in [3.05, 3.63) is 47.0 Å². The first-order chi connectivity index (χ1) is 13.9. The van der Waals surface area contributed by atoms with Crippen LogP contribution in [0.2, 0.25) is 0 Å². The van der Waals surface area contributed by atoms with E-state index in [2.05, 4.69) is 0 Å². The second-order valence-electron chi connectivity index (χ2n) is 7.78. The molecular weight excluding hydrogens is 376 g/mol. The van der Waals surface area contributed by atoms with Crippen LogP contribution in [0.3, 0.4) is 0 Å². The van der Waals surface area contributed by atoms with E-state index in [0.717, 1.165) is 0 Å². The quantitative estimate of drug-likeness (QED) is 0.569. The van der Waals surface area contributed by atoms with Gasteiger partial charge in [-0.1, -0.05) is 25.1 Å². The summed E-state index contributed by atoms with van der Waals surface area (Å²) in [7, 11) is 1.24. The highest BCUT2D eigenvalue weighted by Crippen LogP contribution is 2.58. The number of carbonyl (C=O) groups excluding carboxylic acids is 3. The van der Waals surface area contributed by atoms with Crippen molar-refractivity contribution in [2.75, 3.05) is 20.3 Å². The largest absolute Gasteiger partial charge is 0.465 e. The van der Waals surface area contributed by atoms with E-state index in [1.165, 1.54) is 7.11 Å². The molecule has 2 aliphatic carbocycles. The lowest BCUT2D eigenvalue weighted by atomic mass is 9.59. The van der Waals surface area contributed by atoms with Crippen LogP contribution in [0, 0.1) is 5.41 Å². The number of ketones is 1. The van der Waals surface area contributed by atoms with E-state index < -0.39 is 29.2 Å². The number of ether oxygens (including phenoxy) is 4. The van der Waals surface area contributed by atoms with Gasteiger partial charge in [0.1, 0.15) is 11.7 Å². The standard InChI is InChI=1S/C22H24O7/c1-21-10-8-15(23)17(20(25)26-2)18(21)16(9-11-22(21)27-12-13-28-22)29-19(24)14-6-4-3-5-7-14/h3-7,16H,8-13H2,1-2H3/t16-,21+/m1/s1. The predicted molar refractivity (Wildman–Crippen MR) is 101 cm³/mol. The Morgan fingerprint density at radius 2 is 1.76 bits per heavy atom. The van der Waals surface area contributed by atoms with E-state index in [1.54, 1.807) is 24.3 Å². The molecule has 154 valence electrons. The van der Waals surface area contributed by atoms with Crippen LogP contribution in [0.1, 0.15) is 43.0 Å². The molecule has 1 aromatic carbocycles. The SMILES string of the molecule is COC(=O)C1=C2[C@H](OC(=O)c3ccccc3)CCC3(OCCO3)[C@@]2(C)CCC1=O. The fourth-order valence-electron chi connectivity index (χ4n) is 4.84. The minimum atomic E-state index is -0.933. The molecule has 7 heteroatoms. The van der Waals surface area contributed by atoms with E-state index in [0.29, 0.717) is 43.6 Å². The van der Waals surface area contributed by atoms with Gasteiger partial charge in [-0.15, -0.1) is 0 Å². The summed E-state index contributed by atoms with van der Waals surface area (Å²) >= 11 is 0. The molecule has 1 aromatic rings. The summed E-state index contributed by atoms with van der Waals surface area (Å²) in [5.41, 5.74) is 0.0504. The number of esters is 2. The van der Waals surface area contributed by atoms with Crippen molar-refractivity contribution in [3.8, 4) is 0 Å². The van der Waals surface area contributed by atoms with Crippen LogP contribution in [0.25, 0.3) is 0 Å². The summed E-state index contributed by atoms with van der Waals surface area (Å²) in [5, 5.41) is 0. The average molecular weight is 400 g/mol. The van der Waals surface area contributed by atoms with Gasteiger partial charge in [-0.05, 0) is 30.5 Å². The number of hydrogen-bond acceptors (Lipinski definition) is 7. The van der Waals surface area contributed by atoms with Crippen molar-refractivity contribution in [2.45, 2.75) is 44.5 Å². The monoisotopic (exact) mass is 400 g/mol. The van der Waals surface area contributed by atoms with Crippen LogP contribution in [0.15, 0.2) is 41.5 Å². The molecule has 29 heavy (non-hydrogen) atoms. The molecule has 1 heterocycles. The third kappa shape index (κ3) is 3.09. The molecule has 1 aliphatic heterocycles. The van der Waals surface area contributed by atoms with Gasteiger partial charge in [-0.2, -0.15) is 0 Å². The highest BCUT2D eigenvalue weighted by molar-refractivity contribution is 6.19. The highest BCUT2D eigenvalue weighted by atomic mass is 16.7. The molecule has 2 fully saturated rings. The summed E-state index contributed by atoms with van der Waals surface area (Å²) in [6.45, 7) is 2.81. The maximum atomic E-state index is 12.7. The van der Waals surface area contributed by atoms with Crippen LogP contribution in [0.4, 0.5) is 0 Å². The van der Waals surface area contributed by atoms with Gasteiger partial charge < -0.3 is 18.9 Å². The molecule has 0 N–H and O–H groups in total. The zero-order valence-electron chi connectivity index (χ0n) is 16.6. The number of carbonyl (C=O) groups is 3. The molecule has 0 bridgehead atoms. The first kappa shape index (κ1) is 19.8. The van der Waals surface area contributed by atoms with E-state index in [-0.39, 0.29) is 17.8 Å². The van der Waals surface area contributed by atoms with Crippen molar-refractivity contribution in [1.29, 1.82) is 0 Å². The Bertz CT molecular complexity index is 866. The molecule has 0 unspecified atom stereocenters. The maximum Gasteiger partial charge on any atom is 0.341 e. The van der Waals surface area contributed by atoms with E-state index >= 15 is 0 Å². The molecular formula is C22H24O7. The fraction of sp³-hybridized carbons (Fsp3) is 0.500. The number of fused-ring (bicyclic) bond motifs is 2. The van der Waals surface area contributed by atoms with Gasteiger partial charge in [0.15, 0.2) is 11.6 Å². The number of benzene rings is 1. The molecule has 1 saturated carbocycles. The lowest BCUT2D eigenvalue weighted by molar-refractivity contribution is -0.245. The molecule has 4 rings (SSSR count). The van der Waals surface area contributed by atoms with Crippen LogP contribution >= 0.6 is 0 Å². The molecule has 1 saturated heterocycles. The zero-order chi connectivity index (χ0) is 20.6. The first-order valence-corrected chi connectivity index (χ1v) is 9.82. The van der Waals surface area contributed by atoms with Crippen LogP contribution < -0.4 is 0 Å². The van der Waals surface area contributed by atoms with Crippen molar-refractivity contribution in [1.82, 2.24) is 0 Å². The summed E-state index contributed by atoms with van der Waals surface area (Å²) in [6.07, 6.45) is 0.781. The summed E-state index contributed by atoms with van der Waals surface area (Å²) in [6, 6.07) is 8.64. The van der Waals surface area contributed by atoms with E-state index in [1.807, 2.05) is 13.0 Å². The van der Waals surface area contributed by atoms with Gasteiger partial charge in [0, 0.05) is 18.3 Å². The highest BCUT2D eigenvalue weighted by Gasteiger charge is 2.62. The van der Waals surface area contributed by atoms with Gasteiger partial charge >= 0.3 is 11.9 Å². The van der Waals surface area contributed by atoms with Gasteiger partial charge in [0.05, 0.1) is 25.9 Å². The molecule has 1 spiro atoms. The predicted octanol–water partition coefficient (Wildman–Crippen LogP) is 2.59. The maximum absolute atomic E-state index is 12.7. The van der Waals surface area contributed by atoms with Gasteiger partial charge in [0.25, 0.3) is 0 Å². The Morgan fingerprint density at radius 1 is 1.07 bits per heavy atom. The Labute approximate surface area is 169 Å². The number of Topliss-reactive ketones (excluding diaryl/α,β-unsaturated/α-hetero) is 1. The van der Waals surface area contributed by atoms with Crippen molar-refractivity contribution in [3.63, 3.8) is 0 Å².